The van der Waals surface area contributed by atoms with Gasteiger partial charge in [0.25, 0.3) is 5.91 Å². The summed E-state index contributed by atoms with van der Waals surface area (Å²) in [5.74, 6) is -0.467. The zero-order valence-electron chi connectivity index (χ0n) is 11.3. The van der Waals surface area contributed by atoms with Crippen LogP contribution in [0.25, 0.3) is 0 Å². The Morgan fingerprint density at radius 3 is 2.86 bits per heavy atom. The van der Waals surface area contributed by atoms with E-state index in [1.165, 1.54) is 18.2 Å². The summed E-state index contributed by atoms with van der Waals surface area (Å²) in [6.45, 7) is 1.15. The Labute approximate surface area is 130 Å². The third-order valence-electron chi connectivity index (χ3n) is 3.75. The lowest BCUT2D eigenvalue weighted by atomic mass is 9.97. The highest BCUT2D eigenvalue weighted by molar-refractivity contribution is 9.10. The number of nitrogens with two attached hydrogens (primary N) is 1. The molecule has 1 aliphatic heterocycles. The normalized spacial score (nSPS) is 13.9. The highest BCUT2D eigenvalue weighted by atomic mass is 79.9. The maximum atomic E-state index is 13.1. The van der Waals surface area contributed by atoms with Crippen LogP contribution < -0.4 is 5.73 Å². The summed E-state index contributed by atoms with van der Waals surface area (Å²) in [7, 11) is 0. The van der Waals surface area contributed by atoms with Gasteiger partial charge in [-0.3, -0.25) is 4.79 Å². The van der Waals surface area contributed by atoms with Gasteiger partial charge in [-0.2, -0.15) is 0 Å². The lowest BCUT2D eigenvalue weighted by Gasteiger charge is -2.30. The molecular weight excluding hydrogens is 335 g/mol. The SMILES string of the molecule is Nc1cccc2c1CCN(C(=O)c1ccc(F)cc1Br)C2. The molecule has 1 amide bonds. The zero-order chi connectivity index (χ0) is 15.0. The van der Waals surface area contributed by atoms with Crippen LogP contribution in [0, 0.1) is 5.82 Å². The average molecular weight is 349 g/mol. The lowest BCUT2D eigenvalue weighted by Crippen LogP contribution is -2.36. The van der Waals surface area contributed by atoms with Crippen molar-refractivity contribution in [2.45, 2.75) is 13.0 Å². The molecule has 2 aromatic rings. The van der Waals surface area contributed by atoms with E-state index in [1.54, 1.807) is 4.90 Å². The fraction of sp³-hybridized carbons (Fsp3) is 0.188. The summed E-state index contributed by atoms with van der Waals surface area (Å²) < 4.78 is 13.6. The largest absolute Gasteiger partial charge is 0.398 e. The second-order valence-corrected chi connectivity index (χ2v) is 5.94. The summed E-state index contributed by atoms with van der Waals surface area (Å²) in [6.07, 6.45) is 0.743. The minimum Gasteiger partial charge on any atom is -0.398 e. The molecule has 0 bridgehead atoms. The van der Waals surface area contributed by atoms with Crippen molar-refractivity contribution in [2.24, 2.45) is 0 Å². The van der Waals surface area contributed by atoms with Gasteiger partial charge in [-0.25, -0.2) is 4.39 Å². The van der Waals surface area contributed by atoms with Crippen LogP contribution in [0.3, 0.4) is 0 Å². The van der Waals surface area contributed by atoms with Gasteiger partial charge in [0.15, 0.2) is 0 Å². The molecule has 0 aromatic heterocycles. The number of hydrogen-bond donors (Lipinski definition) is 1. The number of benzene rings is 2. The molecule has 5 heteroatoms. The molecule has 0 saturated heterocycles. The molecule has 0 aliphatic carbocycles. The number of amides is 1. The number of nitrogen functional groups attached to an aromatic ring is 1. The maximum absolute atomic E-state index is 13.1. The molecule has 2 N–H and O–H groups in total. The van der Waals surface area contributed by atoms with E-state index in [2.05, 4.69) is 15.9 Å². The molecule has 3 nitrogen and oxygen atoms in total. The minimum atomic E-state index is -0.366. The van der Waals surface area contributed by atoms with Crippen molar-refractivity contribution in [1.29, 1.82) is 0 Å². The van der Waals surface area contributed by atoms with Gasteiger partial charge in [-0.1, -0.05) is 12.1 Å². The lowest BCUT2D eigenvalue weighted by molar-refractivity contribution is 0.0734. The molecule has 1 heterocycles. The Kier molecular flexibility index (Phi) is 3.68. The van der Waals surface area contributed by atoms with Crippen LogP contribution in [0.5, 0.6) is 0 Å². The highest BCUT2D eigenvalue weighted by Crippen LogP contribution is 2.27. The fourth-order valence-electron chi connectivity index (χ4n) is 2.65. The Hall–Kier alpha value is -1.88. The molecule has 0 fully saturated rings. The second-order valence-electron chi connectivity index (χ2n) is 5.09. The third-order valence-corrected chi connectivity index (χ3v) is 4.41. The smallest absolute Gasteiger partial charge is 0.255 e. The van der Waals surface area contributed by atoms with E-state index in [0.717, 1.165) is 23.2 Å². The highest BCUT2D eigenvalue weighted by Gasteiger charge is 2.24. The first-order chi connectivity index (χ1) is 10.1. The number of halogens is 2. The minimum absolute atomic E-state index is 0.102. The molecular formula is C16H14BrFN2O. The monoisotopic (exact) mass is 348 g/mol. The Morgan fingerprint density at radius 2 is 2.10 bits per heavy atom. The number of carbonyl (C=O) groups is 1. The number of nitrogens with zero attached hydrogens (tertiary/aromatic N) is 1. The van der Waals surface area contributed by atoms with Crippen molar-refractivity contribution >= 4 is 27.5 Å². The average Bonchev–Trinajstić information content (AvgIpc) is 2.46. The molecule has 21 heavy (non-hydrogen) atoms. The van der Waals surface area contributed by atoms with E-state index >= 15 is 0 Å². The first kappa shape index (κ1) is 14.1. The number of hydrogen-bond acceptors (Lipinski definition) is 2. The molecule has 0 saturated carbocycles. The first-order valence-electron chi connectivity index (χ1n) is 6.67. The van der Waals surface area contributed by atoms with Gasteiger partial charge in [0.05, 0.1) is 5.56 Å². The van der Waals surface area contributed by atoms with Crippen LogP contribution in [-0.4, -0.2) is 17.4 Å². The van der Waals surface area contributed by atoms with Crippen LogP contribution in [0.15, 0.2) is 40.9 Å². The van der Waals surface area contributed by atoms with E-state index in [9.17, 15) is 9.18 Å². The predicted octanol–water partition coefficient (Wildman–Crippen LogP) is 3.37. The number of anilines is 1. The van der Waals surface area contributed by atoms with Crippen LogP contribution in [0.2, 0.25) is 0 Å². The molecule has 0 spiro atoms. The maximum Gasteiger partial charge on any atom is 0.255 e. The van der Waals surface area contributed by atoms with Crippen LogP contribution in [0.1, 0.15) is 21.5 Å². The van der Waals surface area contributed by atoms with Crippen LogP contribution >= 0.6 is 15.9 Å². The van der Waals surface area contributed by atoms with Crippen molar-refractivity contribution in [3.8, 4) is 0 Å². The summed E-state index contributed by atoms with van der Waals surface area (Å²) in [4.78, 5) is 14.3. The summed E-state index contributed by atoms with van der Waals surface area (Å²) in [6, 6.07) is 9.89. The van der Waals surface area contributed by atoms with Gasteiger partial charge in [-0.05, 0) is 57.7 Å². The third kappa shape index (κ3) is 2.65. The van der Waals surface area contributed by atoms with Gasteiger partial charge < -0.3 is 10.6 Å². The van der Waals surface area contributed by atoms with Crippen LogP contribution in [-0.2, 0) is 13.0 Å². The summed E-state index contributed by atoms with van der Waals surface area (Å²) in [5, 5.41) is 0. The van der Waals surface area contributed by atoms with E-state index in [4.69, 9.17) is 5.73 Å². The molecule has 108 valence electrons. The Balaban J connectivity index is 1.87. The first-order valence-corrected chi connectivity index (χ1v) is 7.46. The van der Waals surface area contributed by atoms with Crippen LogP contribution in [0.4, 0.5) is 10.1 Å². The van der Waals surface area contributed by atoms with Crippen molar-refractivity contribution < 1.29 is 9.18 Å². The van der Waals surface area contributed by atoms with Crippen molar-refractivity contribution in [2.75, 3.05) is 12.3 Å². The van der Waals surface area contributed by atoms with Gasteiger partial charge in [0.1, 0.15) is 5.82 Å². The Bertz CT molecular complexity index is 717. The standard InChI is InChI=1S/C16H14BrFN2O/c17-14-8-11(18)4-5-13(14)16(21)20-7-6-12-10(9-20)2-1-3-15(12)19/h1-5,8H,6-7,9,19H2. The summed E-state index contributed by atoms with van der Waals surface area (Å²) >= 11 is 3.25. The molecule has 0 atom stereocenters. The molecule has 1 aliphatic rings. The fourth-order valence-corrected chi connectivity index (χ4v) is 3.17. The molecule has 0 radical (unpaired) electrons. The van der Waals surface area contributed by atoms with Crippen molar-refractivity contribution in [1.82, 2.24) is 4.90 Å². The van der Waals surface area contributed by atoms with Gasteiger partial charge in [-0.15, -0.1) is 0 Å². The van der Waals surface area contributed by atoms with E-state index in [-0.39, 0.29) is 11.7 Å². The summed E-state index contributed by atoms with van der Waals surface area (Å²) in [5.41, 5.74) is 9.42. The van der Waals surface area contributed by atoms with Gasteiger partial charge in [0, 0.05) is 23.2 Å². The second kappa shape index (κ2) is 5.48. The van der Waals surface area contributed by atoms with Crippen molar-refractivity contribution in [3.05, 3.63) is 63.4 Å². The predicted molar refractivity (Wildman–Crippen MR) is 83.4 cm³/mol. The number of carbonyl (C=O) groups excluding carboxylic acids is 1. The van der Waals surface area contributed by atoms with E-state index in [0.29, 0.717) is 23.1 Å². The molecule has 0 unspecified atom stereocenters. The zero-order valence-corrected chi connectivity index (χ0v) is 12.9. The Morgan fingerprint density at radius 1 is 1.29 bits per heavy atom. The van der Waals surface area contributed by atoms with Gasteiger partial charge >= 0.3 is 0 Å². The van der Waals surface area contributed by atoms with Gasteiger partial charge in [0.2, 0.25) is 0 Å². The van der Waals surface area contributed by atoms with E-state index in [1.807, 2.05) is 18.2 Å². The van der Waals surface area contributed by atoms with E-state index < -0.39 is 0 Å². The number of fused-ring (bicyclic) bond motifs is 1. The molecule has 2 aromatic carbocycles. The molecule has 3 rings (SSSR count). The quantitative estimate of drug-likeness (QED) is 0.803. The topological polar surface area (TPSA) is 46.3 Å². The van der Waals surface area contributed by atoms with Crippen molar-refractivity contribution in [3.63, 3.8) is 0 Å². The number of rotatable bonds is 1.